The predicted molar refractivity (Wildman–Crippen MR) is 51.3 cm³/mol. The van der Waals surface area contributed by atoms with E-state index in [4.69, 9.17) is 10.2 Å². The van der Waals surface area contributed by atoms with Crippen LogP contribution in [0.15, 0.2) is 24.0 Å². The number of aliphatic carboxylic acids is 2. The molecule has 0 saturated heterocycles. The van der Waals surface area contributed by atoms with Crippen molar-refractivity contribution in [3.05, 3.63) is 24.0 Å². The van der Waals surface area contributed by atoms with E-state index in [2.05, 4.69) is 0 Å². The number of aliphatic hydroxyl groups excluding tert-OH is 1. The van der Waals surface area contributed by atoms with Crippen molar-refractivity contribution in [3.8, 4) is 0 Å². The van der Waals surface area contributed by atoms with Crippen LogP contribution < -0.4 is 0 Å². The second-order valence-electron chi connectivity index (χ2n) is 3.96. The van der Waals surface area contributed by atoms with Gasteiger partial charge in [0.2, 0.25) is 0 Å². The molecule has 2 unspecified atom stereocenters. The van der Waals surface area contributed by atoms with Crippen LogP contribution in [0.2, 0.25) is 0 Å². The summed E-state index contributed by atoms with van der Waals surface area (Å²) in [6.07, 6.45) is 3.51. The minimum atomic E-state index is -1.53. The Morgan fingerprint density at radius 3 is 2.00 bits per heavy atom. The van der Waals surface area contributed by atoms with Crippen molar-refractivity contribution >= 4 is 11.9 Å². The fourth-order valence-corrected chi connectivity index (χ4v) is 1.22. The van der Waals surface area contributed by atoms with E-state index in [0.29, 0.717) is 0 Å². The van der Waals surface area contributed by atoms with Crippen molar-refractivity contribution in [2.75, 3.05) is 0 Å². The molecular formula is C10H12O5. The van der Waals surface area contributed by atoms with E-state index >= 15 is 0 Å². The first-order valence-electron chi connectivity index (χ1n) is 4.32. The molecule has 0 aliphatic heterocycles. The van der Waals surface area contributed by atoms with Crippen LogP contribution in [0.4, 0.5) is 0 Å². The molecule has 5 heteroatoms. The maximum atomic E-state index is 10.9. The van der Waals surface area contributed by atoms with Gasteiger partial charge in [0, 0.05) is 0 Å². The Bertz CT molecular complexity index is 381. The minimum absolute atomic E-state index is 0.456. The van der Waals surface area contributed by atoms with Gasteiger partial charge in [-0.15, -0.1) is 0 Å². The van der Waals surface area contributed by atoms with Gasteiger partial charge in [-0.05, 0) is 19.9 Å². The van der Waals surface area contributed by atoms with Crippen LogP contribution in [0.3, 0.4) is 0 Å². The number of carboxylic acid groups (broad SMARTS) is 2. The van der Waals surface area contributed by atoms with Crippen molar-refractivity contribution in [2.24, 2.45) is 10.8 Å². The molecule has 0 radical (unpaired) electrons. The maximum absolute atomic E-state index is 10.9. The second-order valence-corrected chi connectivity index (χ2v) is 3.96. The highest BCUT2D eigenvalue weighted by Gasteiger charge is 2.43. The molecule has 5 nitrogen and oxygen atoms in total. The summed E-state index contributed by atoms with van der Waals surface area (Å²) in [7, 11) is 0. The Labute approximate surface area is 86.3 Å². The average Bonchev–Trinajstić information content (AvgIpc) is 2.11. The van der Waals surface area contributed by atoms with Crippen LogP contribution in [0.25, 0.3) is 0 Å². The molecule has 0 aromatic heterocycles. The number of rotatable bonds is 2. The first-order chi connectivity index (χ1) is 6.72. The van der Waals surface area contributed by atoms with E-state index in [1.165, 1.54) is 26.0 Å². The molecular weight excluding hydrogens is 200 g/mol. The first kappa shape index (κ1) is 11.3. The van der Waals surface area contributed by atoms with Gasteiger partial charge in [-0.25, -0.2) is 0 Å². The van der Waals surface area contributed by atoms with Crippen molar-refractivity contribution in [2.45, 2.75) is 13.8 Å². The highest BCUT2D eigenvalue weighted by Crippen LogP contribution is 2.38. The summed E-state index contributed by atoms with van der Waals surface area (Å²) < 4.78 is 0. The standard InChI is InChI=1S/C10H12O5/c1-9(7(12)13)3-4-10(2,8(14)15)6(11)5-9/h3-5,11H,1-2H3,(H,12,13)(H,14,15). The summed E-state index contributed by atoms with van der Waals surface area (Å²) in [5.74, 6) is -2.82. The van der Waals surface area contributed by atoms with Crippen LogP contribution >= 0.6 is 0 Å². The van der Waals surface area contributed by atoms with Gasteiger partial charge < -0.3 is 15.3 Å². The zero-order chi connectivity index (χ0) is 11.9. The van der Waals surface area contributed by atoms with Gasteiger partial charge in [0.05, 0.1) is 0 Å². The Hall–Kier alpha value is -1.78. The molecule has 82 valence electrons. The molecule has 0 aromatic carbocycles. The van der Waals surface area contributed by atoms with Crippen LogP contribution in [-0.2, 0) is 9.59 Å². The smallest absolute Gasteiger partial charge is 0.320 e. The highest BCUT2D eigenvalue weighted by atomic mass is 16.4. The largest absolute Gasteiger partial charge is 0.511 e. The Morgan fingerprint density at radius 2 is 1.67 bits per heavy atom. The zero-order valence-corrected chi connectivity index (χ0v) is 8.39. The summed E-state index contributed by atoms with van der Waals surface area (Å²) in [5.41, 5.74) is -2.88. The molecule has 0 bridgehead atoms. The lowest BCUT2D eigenvalue weighted by atomic mass is 9.75. The lowest BCUT2D eigenvalue weighted by Gasteiger charge is -2.29. The molecule has 1 aliphatic carbocycles. The molecule has 3 N–H and O–H groups in total. The van der Waals surface area contributed by atoms with Crippen LogP contribution in [-0.4, -0.2) is 27.3 Å². The van der Waals surface area contributed by atoms with Crippen molar-refractivity contribution in [3.63, 3.8) is 0 Å². The molecule has 2 atom stereocenters. The van der Waals surface area contributed by atoms with Gasteiger partial charge in [-0.3, -0.25) is 9.59 Å². The van der Waals surface area contributed by atoms with Crippen LogP contribution in [0.1, 0.15) is 13.8 Å². The predicted octanol–water partition coefficient (Wildman–Crippen LogP) is 1.18. The first-order valence-corrected chi connectivity index (χ1v) is 4.32. The number of carboxylic acids is 2. The van der Waals surface area contributed by atoms with Gasteiger partial charge in [0.1, 0.15) is 16.6 Å². The topological polar surface area (TPSA) is 94.8 Å². The molecule has 1 rings (SSSR count). The van der Waals surface area contributed by atoms with Crippen LogP contribution in [0, 0.1) is 10.8 Å². The number of aliphatic hydroxyl groups is 1. The van der Waals surface area contributed by atoms with Gasteiger partial charge in [0.25, 0.3) is 0 Å². The van der Waals surface area contributed by atoms with E-state index in [-0.39, 0.29) is 0 Å². The fraction of sp³-hybridized carbons (Fsp3) is 0.400. The summed E-state index contributed by atoms with van der Waals surface area (Å²) in [4.78, 5) is 21.7. The van der Waals surface area contributed by atoms with E-state index < -0.39 is 28.5 Å². The highest BCUT2D eigenvalue weighted by molar-refractivity contribution is 5.85. The Morgan fingerprint density at radius 1 is 1.13 bits per heavy atom. The van der Waals surface area contributed by atoms with Gasteiger partial charge >= 0.3 is 11.9 Å². The lowest BCUT2D eigenvalue weighted by molar-refractivity contribution is -0.146. The lowest BCUT2D eigenvalue weighted by Crippen LogP contribution is -2.35. The molecule has 15 heavy (non-hydrogen) atoms. The summed E-state index contributed by atoms with van der Waals surface area (Å²) in [6, 6.07) is 0. The van der Waals surface area contributed by atoms with Gasteiger partial charge in [-0.1, -0.05) is 12.2 Å². The third kappa shape index (κ3) is 1.60. The Balaban J connectivity index is 3.19. The second kappa shape index (κ2) is 3.12. The molecule has 0 amide bonds. The summed E-state index contributed by atoms with van der Waals surface area (Å²) in [6.45, 7) is 2.68. The average molecular weight is 212 g/mol. The summed E-state index contributed by atoms with van der Waals surface area (Å²) in [5, 5.41) is 27.3. The number of carbonyl (C=O) groups is 2. The van der Waals surface area contributed by atoms with Gasteiger partial charge in [0.15, 0.2) is 0 Å². The van der Waals surface area contributed by atoms with E-state index in [0.717, 1.165) is 6.08 Å². The molecule has 0 spiro atoms. The third-order valence-electron chi connectivity index (χ3n) is 2.64. The quantitative estimate of drug-likeness (QED) is 0.597. The van der Waals surface area contributed by atoms with Crippen molar-refractivity contribution in [1.82, 2.24) is 0 Å². The van der Waals surface area contributed by atoms with E-state index in [1.54, 1.807) is 0 Å². The zero-order valence-electron chi connectivity index (χ0n) is 8.39. The third-order valence-corrected chi connectivity index (χ3v) is 2.64. The normalized spacial score (nSPS) is 34.7. The molecule has 0 heterocycles. The maximum Gasteiger partial charge on any atom is 0.320 e. The van der Waals surface area contributed by atoms with Crippen molar-refractivity contribution in [1.29, 1.82) is 0 Å². The van der Waals surface area contributed by atoms with Crippen LogP contribution in [0.5, 0.6) is 0 Å². The molecule has 0 fully saturated rings. The van der Waals surface area contributed by atoms with E-state index in [1.807, 2.05) is 0 Å². The minimum Gasteiger partial charge on any atom is -0.511 e. The number of hydrogen-bond donors (Lipinski definition) is 3. The number of hydrogen-bond acceptors (Lipinski definition) is 3. The summed E-state index contributed by atoms with van der Waals surface area (Å²) >= 11 is 0. The fourth-order valence-electron chi connectivity index (χ4n) is 1.22. The van der Waals surface area contributed by atoms with E-state index in [9.17, 15) is 14.7 Å². The SMILES string of the molecule is CC1(C(=O)O)C=CC(C)(C(=O)O)C(O)=C1. The molecule has 0 aromatic rings. The monoisotopic (exact) mass is 212 g/mol. The molecule has 0 saturated carbocycles. The Kier molecular flexibility index (Phi) is 2.35. The van der Waals surface area contributed by atoms with Crippen molar-refractivity contribution < 1.29 is 24.9 Å². The molecule has 1 aliphatic rings. The van der Waals surface area contributed by atoms with Gasteiger partial charge in [-0.2, -0.15) is 0 Å².